The summed E-state index contributed by atoms with van der Waals surface area (Å²) in [4.78, 5) is 0. The number of hydrogen-bond donors (Lipinski definition) is 1. The second-order valence-electron chi connectivity index (χ2n) is 4.54. The molecule has 0 fully saturated rings. The van der Waals surface area contributed by atoms with Gasteiger partial charge in [0, 0.05) is 24.8 Å². The van der Waals surface area contributed by atoms with Crippen LogP contribution in [-0.2, 0) is 13.1 Å². The summed E-state index contributed by atoms with van der Waals surface area (Å²) >= 11 is 3.45. The van der Waals surface area contributed by atoms with Crippen LogP contribution < -0.4 is 0 Å². The summed E-state index contributed by atoms with van der Waals surface area (Å²) < 4.78 is 4.52. The maximum Gasteiger partial charge on any atom is 0.125 e. The molecule has 0 saturated carbocycles. The van der Waals surface area contributed by atoms with Crippen molar-refractivity contribution in [2.24, 2.45) is 0 Å². The second-order valence-corrected chi connectivity index (χ2v) is 5.39. The highest BCUT2D eigenvalue weighted by Crippen LogP contribution is 2.28. The molecule has 5 nitrogen and oxygen atoms in total. The molecule has 0 spiro atoms. The van der Waals surface area contributed by atoms with Gasteiger partial charge in [0.1, 0.15) is 6.10 Å². The van der Waals surface area contributed by atoms with Crippen LogP contribution in [0.4, 0.5) is 0 Å². The van der Waals surface area contributed by atoms with E-state index < -0.39 is 6.10 Å². The van der Waals surface area contributed by atoms with Gasteiger partial charge < -0.3 is 5.11 Å². The molecule has 2 rings (SSSR count). The van der Waals surface area contributed by atoms with Gasteiger partial charge in [-0.15, -0.1) is 0 Å². The third-order valence-corrected chi connectivity index (χ3v) is 3.56. The van der Waals surface area contributed by atoms with Crippen molar-refractivity contribution in [2.45, 2.75) is 45.9 Å². The van der Waals surface area contributed by atoms with Crippen LogP contribution in [0, 0.1) is 0 Å². The van der Waals surface area contributed by atoms with Crippen LogP contribution >= 0.6 is 15.9 Å². The van der Waals surface area contributed by atoms with E-state index in [4.69, 9.17) is 0 Å². The van der Waals surface area contributed by atoms with Gasteiger partial charge in [0.25, 0.3) is 0 Å². The average molecular weight is 327 g/mol. The Labute approximate surface area is 121 Å². The summed E-state index contributed by atoms with van der Waals surface area (Å²) in [5.41, 5.74) is 1.59. The van der Waals surface area contributed by atoms with Crippen LogP contribution in [0.15, 0.2) is 23.1 Å². The van der Waals surface area contributed by atoms with E-state index in [0.29, 0.717) is 0 Å². The molecule has 104 valence electrons. The fourth-order valence-corrected chi connectivity index (χ4v) is 2.58. The molecule has 0 saturated heterocycles. The molecule has 0 aliphatic heterocycles. The molecule has 0 aromatic carbocycles. The number of hydrogen-bond acceptors (Lipinski definition) is 3. The first-order valence-electron chi connectivity index (χ1n) is 6.59. The number of aryl methyl sites for hydroxylation is 2. The van der Waals surface area contributed by atoms with Gasteiger partial charge in [-0.25, -0.2) is 0 Å². The van der Waals surface area contributed by atoms with Gasteiger partial charge in [0.15, 0.2) is 0 Å². The highest BCUT2D eigenvalue weighted by molar-refractivity contribution is 9.10. The lowest BCUT2D eigenvalue weighted by Crippen LogP contribution is -2.10. The van der Waals surface area contributed by atoms with E-state index in [1.165, 1.54) is 0 Å². The fourth-order valence-electron chi connectivity index (χ4n) is 2.06. The van der Waals surface area contributed by atoms with E-state index in [1.807, 2.05) is 15.6 Å². The van der Waals surface area contributed by atoms with Gasteiger partial charge in [-0.05, 0) is 28.8 Å². The summed E-state index contributed by atoms with van der Waals surface area (Å²) in [7, 11) is 0. The summed E-state index contributed by atoms with van der Waals surface area (Å²) in [6, 6.07) is 0. The molecule has 0 aliphatic carbocycles. The Hall–Kier alpha value is -1.14. The largest absolute Gasteiger partial charge is 0.382 e. The number of aliphatic hydroxyl groups is 1. The molecule has 1 unspecified atom stereocenters. The van der Waals surface area contributed by atoms with Gasteiger partial charge in [-0.3, -0.25) is 9.36 Å². The smallest absolute Gasteiger partial charge is 0.125 e. The van der Waals surface area contributed by atoms with Crippen molar-refractivity contribution in [1.29, 1.82) is 0 Å². The van der Waals surface area contributed by atoms with E-state index in [1.54, 1.807) is 12.4 Å². The van der Waals surface area contributed by atoms with Crippen LogP contribution in [0.25, 0.3) is 0 Å². The third-order valence-electron chi connectivity index (χ3n) is 2.95. The van der Waals surface area contributed by atoms with Crippen LogP contribution in [0.3, 0.4) is 0 Å². The predicted octanol–water partition coefficient (Wildman–Crippen LogP) is 2.74. The maximum atomic E-state index is 10.5. The van der Waals surface area contributed by atoms with Gasteiger partial charge in [-0.1, -0.05) is 13.8 Å². The Kier molecular flexibility index (Phi) is 4.76. The van der Waals surface area contributed by atoms with Crippen LogP contribution in [0.2, 0.25) is 0 Å². The van der Waals surface area contributed by atoms with E-state index in [-0.39, 0.29) is 0 Å². The van der Waals surface area contributed by atoms with E-state index in [9.17, 15) is 5.11 Å². The molecule has 0 radical (unpaired) electrons. The Morgan fingerprint density at radius 3 is 2.63 bits per heavy atom. The SMILES string of the molecule is CCCn1cc(C(O)c2c(Br)cnn2CCC)cn1. The minimum atomic E-state index is -0.700. The van der Waals surface area contributed by atoms with Crippen LogP contribution in [-0.4, -0.2) is 24.7 Å². The lowest BCUT2D eigenvalue weighted by atomic mass is 10.1. The second kappa shape index (κ2) is 6.34. The zero-order valence-electron chi connectivity index (χ0n) is 11.3. The number of aliphatic hydroxyl groups excluding tert-OH is 1. The molecule has 2 aromatic heterocycles. The van der Waals surface area contributed by atoms with Gasteiger partial charge in [0.05, 0.1) is 22.6 Å². The quantitative estimate of drug-likeness (QED) is 0.888. The van der Waals surface area contributed by atoms with Crippen LogP contribution in [0.1, 0.15) is 44.1 Å². The summed E-state index contributed by atoms with van der Waals surface area (Å²) in [5.74, 6) is 0. The number of aromatic nitrogens is 4. The molecule has 19 heavy (non-hydrogen) atoms. The fraction of sp³-hybridized carbons (Fsp3) is 0.538. The third kappa shape index (κ3) is 3.06. The van der Waals surface area contributed by atoms with E-state index in [2.05, 4.69) is 40.0 Å². The first-order valence-corrected chi connectivity index (χ1v) is 7.38. The minimum absolute atomic E-state index is 0.700. The Bertz CT molecular complexity index is 534. The maximum absolute atomic E-state index is 10.5. The first kappa shape index (κ1) is 14.3. The molecular formula is C13H19BrN4O. The lowest BCUT2D eigenvalue weighted by Gasteiger charge is -2.12. The number of rotatable bonds is 6. The normalized spacial score (nSPS) is 12.8. The average Bonchev–Trinajstić information content (AvgIpc) is 2.98. The van der Waals surface area contributed by atoms with Gasteiger partial charge in [0.2, 0.25) is 0 Å². The van der Waals surface area contributed by atoms with Crippen molar-refractivity contribution in [2.75, 3.05) is 0 Å². The van der Waals surface area contributed by atoms with Gasteiger partial charge >= 0.3 is 0 Å². The summed E-state index contributed by atoms with van der Waals surface area (Å²) in [6.07, 6.45) is 6.64. The molecule has 1 atom stereocenters. The molecule has 2 heterocycles. The van der Waals surface area contributed by atoms with Crippen molar-refractivity contribution in [3.05, 3.63) is 34.3 Å². The van der Waals surface area contributed by atoms with Crippen molar-refractivity contribution in [3.8, 4) is 0 Å². The van der Waals surface area contributed by atoms with Crippen molar-refractivity contribution >= 4 is 15.9 Å². The monoisotopic (exact) mass is 326 g/mol. The highest BCUT2D eigenvalue weighted by Gasteiger charge is 2.20. The standard InChI is InChI=1S/C13H19BrN4O/c1-3-5-17-9-10(7-15-17)13(19)12-11(14)8-16-18(12)6-4-2/h7-9,13,19H,3-6H2,1-2H3. The Balaban J connectivity index is 2.26. The van der Waals surface area contributed by atoms with Crippen molar-refractivity contribution in [1.82, 2.24) is 19.6 Å². The first-order chi connectivity index (χ1) is 9.17. The number of nitrogens with zero attached hydrogens (tertiary/aromatic N) is 4. The topological polar surface area (TPSA) is 55.9 Å². The predicted molar refractivity (Wildman–Crippen MR) is 76.8 cm³/mol. The molecule has 0 amide bonds. The summed E-state index contributed by atoms with van der Waals surface area (Å²) in [5, 5.41) is 19.0. The van der Waals surface area contributed by atoms with E-state index >= 15 is 0 Å². The lowest BCUT2D eigenvalue weighted by molar-refractivity contribution is 0.206. The van der Waals surface area contributed by atoms with Crippen molar-refractivity contribution < 1.29 is 5.11 Å². The minimum Gasteiger partial charge on any atom is -0.382 e. The summed E-state index contributed by atoms with van der Waals surface area (Å²) in [6.45, 7) is 5.85. The molecule has 0 bridgehead atoms. The molecule has 1 N–H and O–H groups in total. The van der Waals surface area contributed by atoms with E-state index in [0.717, 1.165) is 41.7 Å². The highest BCUT2D eigenvalue weighted by atomic mass is 79.9. The molecular weight excluding hydrogens is 308 g/mol. The van der Waals surface area contributed by atoms with Crippen LogP contribution in [0.5, 0.6) is 0 Å². The molecule has 6 heteroatoms. The van der Waals surface area contributed by atoms with Crippen molar-refractivity contribution in [3.63, 3.8) is 0 Å². The van der Waals surface area contributed by atoms with Gasteiger partial charge in [-0.2, -0.15) is 10.2 Å². The molecule has 2 aromatic rings. The zero-order chi connectivity index (χ0) is 13.8. The zero-order valence-corrected chi connectivity index (χ0v) is 12.8. The molecule has 0 aliphatic rings. The number of halogens is 1. The Morgan fingerprint density at radius 1 is 1.21 bits per heavy atom. The Morgan fingerprint density at radius 2 is 1.95 bits per heavy atom.